The molecule has 1 amide bonds. The maximum atomic E-state index is 14.0. The summed E-state index contributed by atoms with van der Waals surface area (Å²) in [7, 11) is -3.99. The lowest BCUT2D eigenvalue weighted by atomic mass is 10.1. The van der Waals surface area contributed by atoms with E-state index in [1.165, 1.54) is 27.8 Å². The smallest absolute Gasteiger partial charge is 0.247 e. The maximum Gasteiger partial charge on any atom is 0.247 e. The number of pyridine rings is 1. The number of benzene rings is 2. The lowest BCUT2D eigenvalue weighted by molar-refractivity contribution is -0.121. The second kappa shape index (κ2) is 9.68. The third kappa shape index (κ3) is 4.63. The Morgan fingerprint density at radius 2 is 1.97 bits per heavy atom. The van der Waals surface area contributed by atoms with Crippen LogP contribution in [0.3, 0.4) is 0 Å². The second-order valence-corrected chi connectivity index (χ2v) is 11.8. The Morgan fingerprint density at radius 1 is 1.19 bits per heavy atom. The van der Waals surface area contributed by atoms with E-state index in [4.69, 9.17) is 4.98 Å². The van der Waals surface area contributed by atoms with E-state index in [9.17, 15) is 17.6 Å². The van der Waals surface area contributed by atoms with Crippen LogP contribution in [0, 0.1) is 19.7 Å². The van der Waals surface area contributed by atoms with Gasteiger partial charge in [0.05, 0.1) is 21.7 Å². The molecule has 1 aliphatic rings. The molecular weight excluding hydrogens is 499 g/mol. The van der Waals surface area contributed by atoms with Gasteiger partial charge in [0.25, 0.3) is 0 Å². The average molecular weight is 525 g/mol. The van der Waals surface area contributed by atoms with Crippen LogP contribution in [-0.2, 0) is 21.4 Å². The van der Waals surface area contributed by atoms with E-state index in [1.54, 1.807) is 23.4 Å². The molecule has 7 nitrogen and oxygen atoms in total. The highest BCUT2D eigenvalue weighted by Gasteiger charge is 2.42. The Balaban J connectivity index is 1.54. The van der Waals surface area contributed by atoms with Gasteiger partial charge in [-0.1, -0.05) is 23.5 Å². The number of sulfonamides is 1. The third-order valence-corrected chi connectivity index (χ3v) is 9.43. The number of thiazole rings is 1. The fraction of sp³-hybridized carbons (Fsp3) is 0.269. The molecule has 1 unspecified atom stereocenters. The quantitative estimate of drug-likeness (QED) is 0.361. The molecule has 1 fully saturated rings. The van der Waals surface area contributed by atoms with Crippen LogP contribution in [-0.4, -0.2) is 41.2 Å². The number of carbonyl (C=O) groups excluding carboxylic acids is 1. The molecule has 0 aliphatic carbocycles. The first-order chi connectivity index (χ1) is 17.2. The summed E-state index contributed by atoms with van der Waals surface area (Å²) >= 11 is 1.42. The van der Waals surface area contributed by atoms with Gasteiger partial charge in [-0.15, -0.1) is 0 Å². The van der Waals surface area contributed by atoms with Crippen LogP contribution in [0.15, 0.2) is 65.8 Å². The highest BCUT2D eigenvalue weighted by Crippen LogP contribution is 2.35. The van der Waals surface area contributed by atoms with E-state index in [0.717, 1.165) is 39.0 Å². The molecule has 3 heterocycles. The van der Waals surface area contributed by atoms with Crippen molar-refractivity contribution >= 4 is 42.6 Å². The number of carbonyl (C=O) groups is 1. The number of halogens is 1. The maximum absolute atomic E-state index is 14.0. The largest absolute Gasteiger partial charge is 0.282 e. The summed E-state index contributed by atoms with van der Waals surface area (Å²) < 4.78 is 42.5. The zero-order valence-electron chi connectivity index (χ0n) is 19.9. The van der Waals surface area contributed by atoms with Gasteiger partial charge in [-0.2, -0.15) is 4.31 Å². The highest BCUT2D eigenvalue weighted by molar-refractivity contribution is 7.89. The summed E-state index contributed by atoms with van der Waals surface area (Å²) in [4.78, 5) is 24.5. The van der Waals surface area contributed by atoms with Gasteiger partial charge in [0.15, 0.2) is 5.13 Å². The topological polar surface area (TPSA) is 83.5 Å². The zero-order valence-corrected chi connectivity index (χ0v) is 21.5. The minimum atomic E-state index is -3.99. The molecule has 2 aromatic carbocycles. The summed E-state index contributed by atoms with van der Waals surface area (Å²) in [6, 6.07) is 11.5. The minimum absolute atomic E-state index is 0.0338. The van der Waals surface area contributed by atoms with Crippen LogP contribution >= 0.6 is 11.3 Å². The van der Waals surface area contributed by atoms with Crippen molar-refractivity contribution in [1.82, 2.24) is 14.3 Å². The van der Waals surface area contributed by atoms with Gasteiger partial charge in [-0.25, -0.2) is 17.8 Å². The Bertz CT molecular complexity index is 1520. The SMILES string of the molecule is Cc1cc(C)c2sc(N(Cc3cccnc3)C(=O)C3CCCN3S(=O)(=O)c3ccc(F)cc3)nc2c1. The van der Waals surface area contributed by atoms with Gasteiger partial charge in [0.1, 0.15) is 11.9 Å². The van der Waals surface area contributed by atoms with E-state index in [1.807, 2.05) is 26.0 Å². The van der Waals surface area contributed by atoms with Crippen molar-refractivity contribution in [3.63, 3.8) is 0 Å². The predicted octanol–water partition coefficient (Wildman–Crippen LogP) is 4.83. The Hall–Kier alpha value is -3.21. The molecule has 0 bridgehead atoms. The number of rotatable bonds is 6. The molecular formula is C26H25FN4O3S2. The Kier molecular flexibility index (Phi) is 6.59. The summed E-state index contributed by atoms with van der Waals surface area (Å²) in [5, 5.41) is 0.513. The molecule has 0 N–H and O–H groups in total. The molecule has 186 valence electrons. The number of fused-ring (bicyclic) bond motifs is 1. The third-order valence-electron chi connectivity index (χ3n) is 6.28. The molecule has 36 heavy (non-hydrogen) atoms. The first-order valence-electron chi connectivity index (χ1n) is 11.6. The molecule has 2 aromatic heterocycles. The van der Waals surface area contributed by atoms with Crippen LogP contribution in [0.2, 0.25) is 0 Å². The van der Waals surface area contributed by atoms with Crippen molar-refractivity contribution in [3.05, 3.63) is 83.4 Å². The lowest BCUT2D eigenvalue weighted by Crippen LogP contribution is -2.47. The number of aryl methyl sites for hydroxylation is 2. The minimum Gasteiger partial charge on any atom is -0.282 e. The van der Waals surface area contributed by atoms with E-state index < -0.39 is 21.9 Å². The molecule has 1 saturated heterocycles. The van der Waals surface area contributed by atoms with Crippen molar-refractivity contribution in [2.75, 3.05) is 11.4 Å². The zero-order chi connectivity index (χ0) is 25.4. The van der Waals surface area contributed by atoms with E-state index in [0.29, 0.717) is 18.0 Å². The average Bonchev–Trinajstić information content (AvgIpc) is 3.51. The van der Waals surface area contributed by atoms with Crippen LogP contribution in [0.25, 0.3) is 10.2 Å². The first-order valence-corrected chi connectivity index (χ1v) is 13.8. The molecule has 5 rings (SSSR count). The van der Waals surface area contributed by atoms with E-state index in [2.05, 4.69) is 11.1 Å². The van der Waals surface area contributed by atoms with Crippen LogP contribution in [0.4, 0.5) is 9.52 Å². The lowest BCUT2D eigenvalue weighted by Gasteiger charge is -2.28. The summed E-state index contributed by atoms with van der Waals surface area (Å²) in [6.45, 7) is 4.44. The summed E-state index contributed by atoms with van der Waals surface area (Å²) in [5.74, 6) is -0.859. The van der Waals surface area contributed by atoms with Gasteiger partial charge in [0.2, 0.25) is 15.9 Å². The molecule has 0 spiro atoms. The van der Waals surface area contributed by atoms with Gasteiger partial charge in [0, 0.05) is 18.9 Å². The predicted molar refractivity (Wildman–Crippen MR) is 138 cm³/mol. The van der Waals surface area contributed by atoms with Crippen molar-refractivity contribution in [2.45, 2.75) is 44.2 Å². The number of anilines is 1. The first kappa shape index (κ1) is 24.5. The van der Waals surface area contributed by atoms with Gasteiger partial charge in [-0.05, 0) is 79.8 Å². The number of hydrogen-bond donors (Lipinski definition) is 0. The van der Waals surface area contributed by atoms with Crippen LogP contribution < -0.4 is 4.90 Å². The molecule has 1 aliphatic heterocycles. The summed E-state index contributed by atoms with van der Waals surface area (Å²) in [5.41, 5.74) is 3.76. The number of aromatic nitrogens is 2. The highest BCUT2D eigenvalue weighted by atomic mass is 32.2. The van der Waals surface area contributed by atoms with Crippen LogP contribution in [0.1, 0.15) is 29.5 Å². The summed E-state index contributed by atoms with van der Waals surface area (Å²) in [6.07, 6.45) is 4.29. The van der Waals surface area contributed by atoms with Gasteiger partial charge in [-0.3, -0.25) is 14.7 Å². The molecule has 0 radical (unpaired) electrons. The normalized spacial score (nSPS) is 16.5. The van der Waals surface area contributed by atoms with Crippen molar-refractivity contribution < 1.29 is 17.6 Å². The standard InChI is InChI=1S/C26H25FN4O3S2/c1-17-13-18(2)24-22(14-17)29-26(35-24)30(16-19-5-3-11-28-15-19)25(32)23-6-4-12-31(23)36(33,34)21-9-7-20(27)8-10-21/h3,5,7-11,13-15,23H,4,6,12,16H2,1-2H3. The Morgan fingerprint density at radius 3 is 2.69 bits per heavy atom. The number of hydrogen-bond acceptors (Lipinski definition) is 6. The monoisotopic (exact) mass is 524 g/mol. The molecule has 10 heteroatoms. The van der Waals surface area contributed by atoms with Crippen LogP contribution in [0.5, 0.6) is 0 Å². The van der Waals surface area contributed by atoms with Gasteiger partial charge >= 0.3 is 0 Å². The van der Waals surface area contributed by atoms with Crippen molar-refractivity contribution in [2.24, 2.45) is 0 Å². The van der Waals surface area contributed by atoms with Crippen molar-refractivity contribution in [3.8, 4) is 0 Å². The fourth-order valence-corrected chi connectivity index (χ4v) is 7.26. The number of nitrogens with zero attached hydrogens (tertiary/aromatic N) is 4. The van der Waals surface area contributed by atoms with Gasteiger partial charge < -0.3 is 0 Å². The molecule has 4 aromatic rings. The molecule has 1 atom stereocenters. The Labute approximate surface area is 213 Å². The molecule has 0 saturated carbocycles. The van der Waals surface area contributed by atoms with Crippen molar-refractivity contribution in [1.29, 1.82) is 0 Å². The number of amides is 1. The second-order valence-electron chi connectivity index (χ2n) is 8.94. The fourth-order valence-electron chi connectivity index (χ4n) is 4.59. The van der Waals surface area contributed by atoms with E-state index in [-0.39, 0.29) is 23.9 Å². The van der Waals surface area contributed by atoms with E-state index >= 15 is 0 Å².